The Morgan fingerprint density at radius 1 is 1.05 bits per heavy atom. The maximum Gasteiger partial charge on any atom is 0.481 e. The smallest absolute Gasteiger partial charge is 0.464 e. The fourth-order valence-electron chi connectivity index (χ4n) is 7.05. The van der Waals surface area contributed by atoms with Crippen LogP contribution in [0, 0.1) is 23.2 Å². The van der Waals surface area contributed by atoms with Gasteiger partial charge in [0, 0.05) is 6.42 Å². The molecule has 2 N–H and O–H groups in total. The zero-order valence-electron chi connectivity index (χ0n) is 25.3. The van der Waals surface area contributed by atoms with Gasteiger partial charge in [0.25, 0.3) is 5.91 Å². The van der Waals surface area contributed by atoms with Crippen LogP contribution in [0.2, 0.25) is 0 Å². The number of hydrogen-bond acceptors (Lipinski definition) is 8. The normalized spacial score (nSPS) is 26.9. The lowest BCUT2D eigenvalue weighted by Crippen LogP contribution is -2.65. The molecule has 1 aromatic heterocycles. The summed E-state index contributed by atoms with van der Waals surface area (Å²) in [6.45, 7) is 11.0. The molecular weight excluding hydrogens is 535 g/mol. The lowest BCUT2D eigenvalue weighted by molar-refractivity contribution is -0.199. The van der Waals surface area contributed by atoms with Crippen molar-refractivity contribution >= 4 is 24.9 Å². The second-order valence-corrected chi connectivity index (χ2v) is 13.1. The van der Waals surface area contributed by atoms with Gasteiger partial charge in [-0.15, -0.1) is 0 Å². The molecule has 3 saturated carbocycles. The predicted octanol–water partition coefficient (Wildman–Crippen LogP) is 3.40. The van der Waals surface area contributed by atoms with Crippen molar-refractivity contribution < 1.29 is 28.4 Å². The Labute approximate surface area is 247 Å². The molecule has 0 spiro atoms. The third-order valence-electron chi connectivity index (χ3n) is 9.53. The number of ether oxygens (including phenoxy) is 1. The minimum atomic E-state index is -0.900. The Kier molecular flexibility index (Phi) is 8.45. The van der Waals surface area contributed by atoms with Crippen LogP contribution in [-0.2, 0) is 25.3 Å². The molecule has 42 heavy (non-hydrogen) atoms. The zero-order chi connectivity index (χ0) is 30.2. The van der Waals surface area contributed by atoms with Crippen molar-refractivity contribution in [3.8, 4) is 0 Å². The summed E-state index contributed by atoms with van der Waals surface area (Å²) in [6, 6.07) is 8.59. The fourth-order valence-corrected chi connectivity index (χ4v) is 7.05. The van der Waals surface area contributed by atoms with E-state index in [-0.39, 0.29) is 41.2 Å². The maximum atomic E-state index is 13.9. The van der Waals surface area contributed by atoms with Gasteiger partial charge in [-0.3, -0.25) is 9.59 Å². The monoisotopic (exact) mass is 576 g/mol. The summed E-state index contributed by atoms with van der Waals surface area (Å²) >= 11 is 0. The summed E-state index contributed by atoms with van der Waals surface area (Å²) in [5.74, 6) is -0.665. The second-order valence-electron chi connectivity index (χ2n) is 13.1. The Bertz CT molecular complexity index is 1310. The lowest BCUT2D eigenvalue weighted by atomic mass is 9.43. The van der Waals surface area contributed by atoms with E-state index < -0.39 is 36.6 Å². The molecular formula is C31H41BN4O6. The average molecular weight is 577 g/mol. The lowest BCUT2D eigenvalue weighted by Gasteiger charge is -2.64. The number of nitrogens with one attached hydrogen (secondary N) is 2. The SMILES string of the molecule is COC(=O)c1cnc(C(=O)N[C@@H](Cc2ccccc2)C(=O)N[C@@H](CC(C)C)B2OC3C[C@@H]4C[C@@H](C4(C)C)[C@]3(C)O2)cn1. The number of carbonyl (C=O) groups excluding carboxylic acids is 3. The van der Waals surface area contributed by atoms with Crippen LogP contribution in [0.15, 0.2) is 42.7 Å². The van der Waals surface area contributed by atoms with E-state index in [0.29, 0.717) is 18.3 Å². The number of rotatable bonds is 10. The molecule has 4 fully saturated rings. The summed E-state index contributed by atoms with van der Waals surface area (Å²) < 4.78 is 17.9. The minimum absolute atomic E-state index is 0.00260. The van der Waals surface area contributed by atoms with Crippen molar-refractivity contribution in [2.24, 2.45) is 23.2 Å². The van der Waals surface area contributed by atoms with Gasteiger partial charge >= 0.3 is 13.1 Å². The first-order valence-corrected chi connectivity index (χ1v) is 14.8. The van der Waals surface area contributed by atoms with Crippen molar-refractivity contribution in [1.82, 2.24) is 20.6 Å². The Hall–Kier alpha value is -3.31. The Balaban J connectivity index is 1.33. The first kappa shape index (κ1) is 30.2. The van der Waals surface area contributed by atoms with E-state index in [9.17, 15) is 14.4 Å². The summed E-state index contributed by atoms with van der Waals surface area (Å²) in [4.78, 5) is 46.8. The summed E-state index contributed by atoms with van der Waals surface area (Å²) in [7, 11) is 0.662. The molecule has 6 rings (SSSR count). The molecule has 4 aliphatic rings. The second kappa shape index (κ2) is 11.8. The predicted molar refractivity (Wildman–Crippen MR) is 156 cm³/mol. The van der Waals surface area contributed by atoms with Gasteiger partial charge in [-0.05, 0) is 54.9 Å². The molecule has 2 bridgehead atoms. The number of carbonyl (C=O) groups is 3. The number of nitrogens with zero attached hydrogens (tertiary/aromatic N) is 2. The van der Waals surface area contributed by atoms with Gasteiger partial charge in [0.1, 0.15) is 11.7 Å². The maximum absolute atomic E-state index is 13.9. The first-order valence-electron chi connectivity index (χ1n) is 14.8. The van der Waals surface area contributed by atoms with E-state index in [4.69, 9.17) is 9.31 Å². The van der Waals surface area contributed by atoms with Gasteiger partial charge in [0.2, 0.25) is 5.91 Å². The van der Waals surface area contributed by atoms with Gasteiger partial charge < -0.3 is 24.7 Å². The summed E-state index contributed by atoms with van der Waals surface area (Å²) in [5.41, 5.74) is 0.669. The van der Waals surface area contributed by atoms with E-state index in [0.717, 1.165) is 18.4 Å². The van der Waals surface area contributed by atoms with Crippen molar-refractivity contribution in [3.63, 3.8) is 0 Å². The quantitative estimate of drug-likeness (QED) is 0.325. The van der Waals surface area contributed by atoms with Gasteiger partial charge in [-0.1, -0.05) is 58.0 Å². The molecule has 1 unspecified atom stereocenters. The highest BCUT2D eigenvalue weighted by molar-refractivity contribution is 6.48. The fraction of sp³-hybridized carbons (Fsp3) is 0.581. The van der Waals surface area contributed by atoms with Crippen LogP contribution in [0.5, 0.6) is 0 Å². The first-order chi connectivity index (χ1) is 19.9. The molecule has 224 valence electrons. The number of benzene rings is 1. The third-order valence-corrected chi connectivity index (χ3v) is 9.53. The molecule has 2 aromatic rings. The average Bonchev–Trinajstić information content (AvgIpc) is 3.33. The zero-order valence-corrected chi connectivity index (χ0v) is 25.3. The van der Waals surface area contributed by atoms with Gasteiger partial charge in [0.15, 0.2) is 5.69 Å². The van der Waals surface area contributed by atoms with E-state index in [2.05, 4.69) is 60.0 Å². The van der Waals surface area contributed by atoms with E-state index >= 15 is 0 Å². The van der Waals surface area contributed by atoms with Crippen molar-refractivity contribution in [2.75, 3.05) is 7.11 Å². The van der Waals surface area contributed by atoms with E-state index in [1.54, 1.807) is 0 Å². The highest BCUT2D eigenvalue weighted by Gasteiger charge is 2.68. The standard InChI is InChI=1S/C31H41BN4O6/c1-18(2)12-26(32-41-25-15-20-14-24(30(20,3)4)31(25,5)42-32)36-27(37)21(13-19-10-8-7-9-11-19)35-28(38)22-16-34-23(17-33-22)29(39)40-6/h7-11,16-18,20-21,24-26H,12-15H2,1-6H3,(H,35,38)(H,36,37)/t20-,21-,24-,25?,26-,31-/m0/s1. The molecule has 11 heteroatoms. The van der Waals surface area contributed by atoms with Crippen LogP contribution in [0.1, 0.15) is 80.4 Å². The van der Waals surface area contributed by atoms with E-state index in [1.165, 1.54) is 19.5 Å². The summed E-state index contributed by atoms with van der Waals surface area (Å²) in [6.07, 6.45) is 5.39. The van der Waals surface area contributed by atoms with Gasteiger partial charge in [-0.25, -0.2) is 14.8 Å². The Morgan fingerprint density at radius 2 is 1.74 bits per heavy atom. The minimum Gasteiger partial charge on any atom is -0.464 e. The number of amides is 2. The number of methoxy groups -OCH3 is 1. The number of esters is 1. The highest BCUT2D eigenvalue weighted by Crippen LogP contribution is 2.65. The van der Waals surface area contributed by atoms with Crippen LogP contribution >= 0.6 is 0 Å². The van der Waals surface area contributed by atoms with Crippen LogP contribution in [-0.4, -0.2) is 65.7 Å². The van der Waals surface area contributed by atoms with Crippen molar-refractivity contribution in [1.29, 1.82) is 0 Å². The highest BCUT2D eigenvalue weighted by atomic mass is 16.7. The molecule has 1 aromatic carbocycles. The Morgan fingerprint density at radius 3 is 2.36 bits per heavy atom. The van der Waals surface area contributed by atoms with Crippen LogP contribution in [0.3, 0.4) is 0 Å². The molecule has 6 atom stereocenters. The van der Waals surface area contributed by atoms with Crippen LogP contribution in [0.4, 0.5) is 0 Å². The van der Waals surface area contributed by atoms with Crippen LogP contribution in [0.25, 0.3) is 0 Å². The molecule has 2 heterocycles. The molecule has 3 aliphatic carbocycles. The van der Waals surface area contributed by atoms with Crippen molar-refractivity contribution in [3.05, 3.63) is 59.7 Å². The number of aromatic nitrogens is 2. The largest absolute Gasteiger partial charge is 0.481 e. The van der Waals surface area contributed by atoms with Gasteiger partial charge in [-0.2, -0.15) is 0 Å². The topological polar surface area (TPSA) is 129 Å². The molecule has 10 nitrogen and oxygen atoms in total. The molecule has 2 amide bonds. The molecule has 1 aliphatic heterocycles. The molecule has 0 radical (unpaired) electrons. The number of hydrogen-bond donors (Lipinski definition) is 2. The van der Waals surface area contributed by atoms with Crippen molar-refractivity contribution in [2.45, 2.75) is 84.0 Å². The van der Waals surface area contributed by atoms with Gasteiger partial charge in [0.05, 0.1) is 37.1 Å². The summed E-state index contributed by atoms with van der Waals surface area (Å²) in [5, 5.41) is 6.00. The molecule has 1 saturated heterocycles. The third kappa shape index (κ3) is 5.81. The van der Waals surface area contributed by atoms with Crippen LogP contribution < -0.4 is 10.6 Å². The van der Waals surface area contributed by atoms with E-state index in [1.807, 2.05) is 30.3 Å².